The molecule has 0 spiro atoms. The zero-order chi connectivity index (χ0) is 28.0. The summed E-state index contributed by atoms with van der Waals surface area (Å²) in [5, 5.41) is 0. The molecule has 0 saturated carbocycles. The fraction of sp³-hybridized carbons (Fsp3) is 0.286. The average molecular weight is 538 g/mol. The largest absolute Gasteiger partial charge is 0.489 e. The number of rotatable bonds is 15. The number of nitrogens with zero attached hydrogens (tertiary/aromatic N) is 1. The summed E-state index contributed by atoms with van der Waals surface area (Å²) in [6, 6.07) is 34.9. The molecule has 0 aromatic heterocycles. The van der Waals surface area contributed by atoms with Gasteiger partial charge in [-0.25, -0.2) is 0 Å². The third-order valence-electron chi connectivity index (χ3n) is 6.78. The molecule has 0 unspecified atom stereocenters. The molecule has 0 heterocycles. The van der Waals surface area contributed by atoms with Gasteiger partial charge >= 0.3 is 5.97 Å². The maximum Gasteiger partial charge on any atom is 0.307 e. The molecule has 0 saturated heterocycles. The number of carbonyl (C=O) groups excluding carboxylic acids is 1. The lowest BCUT2D eigenvalue weighted by Gasteiger charge is -2.25. The number of unbranched alkanes of at least 4 members (excludes halogenated alkanes) is 1. The molecule has 5 heteroatoms. The first kappa shape index (κ1) is 28.8. The van der Waals surface area contributed by atoms with Gasteiger partial charge < -0.3 is 19.1 Å². The summed E-state index contributed by atoms with van der Waals surface area (Å²) < 4.78 is 17.0. The Morgan fingerprint density at radius 2 is 1.35 bits per heavy atom. The van der Waals surface area contributed by atoms with Crippen LogP contribution in [-0.4, -0.2) is 19.6 Å². The van der Waals surface area contributed by atoms with Crippen molar-refractivity contribution in [3.8, 4) is 11.5 Å². The van der Waals surface area contributed by atoms with E-state index in [1.54, 1.807) is 0 Å². The van der Waals surface area contributed by atoms with E-state index in [0.29, 0.717) is 32.7 Å². The molecule has 0 fully saturated rings. The average Bonchev–Trinajstić information content (AvgIpc) is 3.01. The highest BCUT2D eigenvalue weighted by Crippen LogP contribution is 2.24. The summed E-state index contributed by atoms with van der Waals surface area (Å²) in [7, 11) is 1.42. The maximum atomic E-state index is 11.9. The van der Waals surface area contributed by atoms with Crippen LogP contribution in [-0.2, 0) is 35.7 Å². The van der Waals surface area contributed by atoms with E-state index in [-0.39, 0.29) is 5.97 Å². The van der Waals surface area contributed by atoms with Crippen molar-refractivity contribution < 1.29 is 19.0 Å². The predicted molar refractivity (Wildman–Crippen MR) is 161 cm³/mol. The van der Waals surface area contributed by atoms with Crippen molar-refractivity contribution in [3.05, 3.63) is 125 Å². The monoisotopic (exact) mass is 537 g/mol. The minimum Gasteiger partial charge on any atom is -0.489 e. The molecule has 4 aromatic carbocycles. The Kier molecular flexibility index (Phi) is 11.0. The number of methoxy groups -OCH3 is 1. The van der Waals surface area contributed by atoms with Gasteiger partial charge in [-0.15, -0.1) is 0 Å². The minimum absolute atomic E-state index is 0.231. The quantitative estimate of drug-likeness (QED) is 0.145. The molecule has 4 rings (SSSR count). The van der Waals surface area contributed by atoms with Crippen LogP contribution in [0.2, 0.25) is 0 Å². The van der Waals surface area contributed by atoms with Crippen LogP contribution in [0.15, 0.2) is 103 Å². The van der Waals surface area contributed by atoms with Crippen LogP contribution in [0.1, 0.15) is 48.4 Å². The molecule has 0 aliphatic heterocycles. The molecule has 0 aliphatic rings. The van der Waals surface area contributed by atoms with Crippen molar-refractivity contribution in [2.75, 3.05) is 18.6 Å². The second-order valence-electron chi connectivity index (χ2n) is 9.87. The number of anilines is 1. The summed E-state index contributed by atoms with van der Waals surface area (Å²) in [4.78, 5) is 14.1. The van der Waals surface area contributed by atoms with E-state index < -0.39 is 0 Å². The van der Waals surface area contributed by atoms with Crippen LogP contribution in [0, 0.1) is 0 Å². The van der Waals surface area contributed by atoms with E-state index >= 15 is 0 Å². The Morgan fingerprint density at radius 3 is 2.05 bits per heavy atom. The van der Waals surface area contributed by atoms with Crippen LogP contribution in [0.3, 0.4) is 0 Å². The normalized spacial score (nSPS) is 10.7. The topological polar surface area (TPSA) is 48.0 Å². The van der Waals surface area contributed by atoms with Crippen LogP contribution >= 0.6 is 0 Å². The molecule has 0 bridgehead atoms. The number of ether oxygens (including phenoxy) is 3. The highest BCUT2D eigenvalue weighted by Gasteiger charge is 2.12. The Hall–Kier alpha value is -4.25. The van der Waals surface area contributed by atoms with Crippen molar-refractivity contribution >= 4 is 11.7 Å². The van der Waals surface area contributed by atoms with Gasteiger partial charge in [-0.1, -0.05) is 80.1 Å². The first-order valence-electron chi connectivity index (χ1n) is 14.0. The molecule has 5 nitrogen and oxygen atoms in total. The van der Waals surface area contributed by atoms with Gasteiger partial charge in [0.1, 0.15) is 24.7 Å². The van der Waals surface area contributed by atoms with E-state index in [1.165, 1.54) is 25.5 Å². The van der Waals surface area contributed by atoms with Gasteiger partial charge in [-0.3, -0.25) is 4.79 Å². The highest BCUT2D eigenvalue weighted by atomic mass is 16.5. The molecule has 4 aromatic rings. The second-order valence-corrected chi connectivity index (χ2v) is 9.87. The van der Waals surface area contributed by atoms with Crippen molar-refractivity contribution in [1.29, 1.82) is 0 Å². The van der Waals surface area contributed by atoms with Crippen molar-refractivity contribution in [1.82, 2.24) is 0 Å². The van der Waals surface area contributed by atoms with Crippen LogP contribution < -0.4 is 14.4 Å². The zero-order valence-electron chi connectivity index (χ0n) is 23.6. The first-order valence-corrected chi connectivity index (χ1v) is 14.0. The van der Waals surface area contributed by atoms with E-state index in [9.17, 15) is 4.79 Å². The standard InChI is InChI=1S/C35H39NO4/c1-3-4-9-28-14-16-30(17-15-28)27-39-33-20-18-32(19-21-33)36(23-22-35(37)38-2)25-31-12-8-13-34(24-31)40-26-29-10-6-5-7-11-29/h5-8,10-21,24H,3-4,9,22-23,25-27H2,1-2H3. The van der Waals surface area contributed by atoms with Crippen molar-refractivity contribution in [2.45, 2.75) is 52.4 Å². The Labute approximate surface area is 238 Å². The third-order valence-corrected chi connectivity index (χ3v) is 6.78. The fourth-order valence-electron chi connectivity index (χ4n) is 4.43. The van der Waals surface area contributed by atoms with Crippen LogP contribution in [0.5, 0.6) is 11.5 Å². The van der Waals surface area contributed by atoms with Gasteiger partial charge in [-0.05, 0) is 71.5 Å². The lowest BCUT2D eigenvalue weighted by Crippen LogP contribution is -2.26. The van der Waals surface area contributed by atoms with Gasteiger partial charge in [0.2, 0.25) is 0 Å². The summed E-state index contributed by atoms with van der Waals surface area (Å²) in [6.07, 6.45) is 3.84. The molecule has 0 N–H and O–H groups in total. The lowest BCUT2D eigenvalue weighted by molar-refractivity contribution is -0.140. The SMILES string of the molecule is CCCCc1ccc(COc2ccc(N(CCC(=O)OC)Cc3cccc(OCc4ccccc4)c3)cc2)cc1. The number of carbonyl (C=O) groups is 1. The lowest BCUT2D eigenvalue weighted by atomic mass is 10.1. The van der Waals surface area contributed by atoms with E-state index in [4.69, 9.17) is 14.2 Å². The maximum absolute atomic E-state index is 11.9. The predicted octanol–water partition coefficient (Wildman–Crippen LogP) is 7.76. The highest BCUT2D eigenvalue weighted by molar-refractivity contribution is 5.70. The van der Waals surface area contributed by atoms with Crippen molar-refractivity contribution in [3.63, 3.8) is 0 Å². The minimum atomic E-state index is -0.231. The van der Waals surface area contributed by atoms with Gasteiger partial charge in [0, 0.05) is 18.8 Å². The van der Waals surface area contributed by atoms with E-state index in [1.807, 2.05) is 54.6 Å². The Bertz CT molecular complexity index is 1300. The van der Waals surface area contributed by atoms with Gasteiger partial charge in [0.05, 0.1) is 13.5 Å². The zero-order valence-corrected chi connectivity index (χ0v) is 23.6. The molecule has 0 radical (unpaired) electrons. The summed E-state index contributed by atoms with van der Waals surface area (Å²) in [5.74, 6) is 1.39. The molecule has 0 amide bonds. The van der Waals surface area contributed by atoms with E-state index in [2.05, 4.69) is 60.4 Å². The van der Waals surface area contributed by atoms with Gasteiger partial charge in [0.15, 0.2) is 0 Å². The number of esters is 1. The second kappa shape index (κ2) is 15.4. The van der Waals surface area contributed by atoms with Crippen molar-refractivity contribution in [2.24, 2.45) is 0 Å². The fourth-order valence-corrected chi connectivity index (χ4v) is 4.43. The number of hydrogen-bond donors (Lipinski definition) is 0. The van der Waals surface area contributed by atoms with Crippen LogP contribution in [0.4, 0.5) is 5.69 Å². The van der Waals surface area contributed by atoms with Crippen LogP contribution in [0.25, 0.3) is 0 Å². The Morgan fingerprint density at radius 1 is 0.700 bits per heavy atom. The smallest absolute Gasteiger partial charge is 0.307 e. The molecular weight excluding hydrogens is 498 g/mol. The van der Waals surface area contributed by atoms with E-state index in [0.717, 1.165) is 40.3 Å². The molecular formula is C35H39NO4. The molecule has 208 valence electrons. The molecule has 40 heavy (non-hydrogen) atoms. The summed E-state index contributed by atoms with van der Waals surface area (Å²) in [5.41, 5.74) is 5.75. The summed E-state index contributed by atoms with van der Waals surface area (Å²) in [6.45, 7) is 4.42. The van der Waals surface area contributed by atoms with Gasteiger partial charge in [-0.2, -0.15) is 0 Å². The Balaban J connectivity index is 1.38. The number of benzene rings is 4. The number of aryl methyl sites for hydroxylation is 1. The first-order chi connectivity index (χ1) is 19.6. The van der Waals surface area contributed by atoms with Gasteiger partial charge in [0.25, 0.3) is 0 Å². The molecule has 0 aliphatic carbocycles. The summed E-state index contributed by atoms with van der Waals surface area (Å²) >= 11 is 0. The molecule has 0 atom stereocenters. The third kappa shape index (κ3) is 9.19. The number of hydrogen-bond acceptors (Lipinski definition) is 5.